The minimum absolute atomic E-state index is 0.0136. The van der Waals surface area contributed by atoms with Crippen molar-refractivity contribution in [3.05, 3.63) is 27.9 Å². The number of aromatic nitrogens is 1. The summed E-state index contributed by atoms with van der Waals surface area (Å²) in [5.41, 5.74) is 6.16. The summed E-state index contributed by atoms with van der Waals surface area (Å²) in [7, 11) is 0. The zero-order valence-electron chi connectivity index (χ0n) is 11.1. The minimum atomic E-state index is -0.429. The number of pyridine rings is 1. The van der Waals surface area contributed by atoms with Gasteiger partial charge in [-0.25, -0.2) is 4.98 Å². The number of nitrogens with two attached hydrogens (primary N) is 1. The highest BCUT2D eigenvalue weighted by atomic mass is 16.6. The lowest BCUT2D eigenvalue weighted by molar-refractivity contribution is -0.384. The third-order valence-corrected chi connectivity index (χ3v) is 3.34. The van der Waals surface area contributed by atoms with Crippen molar-refractivity contribution < 1.29 is 4.92 Å². The van der Waals surface area contributed by atoms with E-state index in [0.717, 1.165) is 18.5 Å². The molecule has 0 saturated carbocycles. The molecule has 1 aromatic rings. The Bertz CT molecular complexity index is 422. The molecule has 0 aliphatic rings. The molecule has 1 aromatic heterocycles. The molecule has 0 radical (unpaired) electrons. The quantitative estimate of drug-likeness (QED) is 0.598. The van der Waals surface area contributed by atoms with Gasteiger partial charge in [0.2, 0.25) is 5.82 Å². The fraction of sp³-hybridized carbons (Fsp3) is 0.583. The summed E-state index contributed by atoms with van der Waals surface area (Å²) in [6.45, 7) is 6.22. The van der Waals surface area contributed by atoms with E-state index < -0.39 is 4.92 Å². The zero-order valence-corrected chi connectivity index (χ0v) is 11.1. The van der Waals surface area contributed by atoms with Gasteiger partial charge in [0, 0.05) is 18.3 Å². The number of hydrogen-bond acceptors (Lipinski definition) is 5. The predicted octanol–water partition coefficient (Wildman–Crippen LogP) is 2.23. The van der Waals surface area contributed by atoms with E-state index in [-0.39, 0.29) is 11.2 Å². The van der Waals surface area contributed by atoms with Crippen molar-refractivity contribution in [1.29, 1.82) is 0 Å². The summed E-state index contributed by atoms with van der Waals surface area (Å²) in [5, 5.41) is 14.1. The second-order valence-corrected chi connectivity index (χ2v) is 4.39. The van der Waals surface area contributed by atoms with Crippen LogP contribution < -0.4 is 11.1 Å². The van der Waals surface area contributed by atoms with Crippen molar-refractivity contribution in [3.8, 4) is 0 Å². The highest BCUT2D eigenvalue weighted by molar-refractivity contribution is 5.57. The topological polar surface area (TPSA) is 94.1 Å². The standard InChI is InChI=1S/C12H20N4O2/c1-4-12(5-2,8-13)15-11-10(16(17)18)7-6-9(3)14-11/h6-7H,4-5,8,13H2,1-3H3,(H,14,15). The van der Waals surface area contributed by atoms with Crippen molar-refractivity contribution in [2.75, 3.05) is 11.9 Å². The van der Waals surface area contributed by atoms with Gasteiger partial charge >= 0.3 is 5.69 Å². The Morgan fingerprint density at radius 2 is 2.06 bits per heavy atom. The molecule has 0 spiro atoms. The minimum Gasteiger partial charge on any atom is -0.358 e. The van der Waals surface area contributed by atoms with E-state index in [4.69, 9.17) is 5.73 Å². The smallest absolute Gasteiger partial charge is 0.311 e. The van der Waals surface area contributed by atoms with Crippen molar-refractivity contribution in [2.45, 2.75) is 39.2 Å². The molecule has 18 heavy (non-hydrogen) atoms. The van der Waals surface area contributed by atoms with Gasteiger partial charge in [-0.3, -0.25) is 10.1 Å². The summed E-state index contributed by atoms with van der Waals surface area (Å²) in [4.78, 5) is 14.8. The van der Waals surface area contributed by atoms with Crippen LogP contribution in [-0.2, 0) is 0 Å². The first-order valence-electron chi connectivity index (χ1n) is 6.08. The molecule has 0 amide bonds. The van der Waals surface area contributed by atoms with Gasteiger partial charge in [0.25, 0.3) is 0 Å². The largest absolute Gasteiger partial charge is 0.358 e. The SMILES string of the molecule is CCC(CC)(CN)Nc1nc(C)ccc1[N+](=O)[O-]. The number of anilines is 1. The lowest BCUT2D eigenvalue weighted by Gasteiger charge is -2.31. The molecule has 0 saturated heterocycles. The fourth-order valence-corrected chi connectivity index (χ4v) is 1.81. The van der Waals surface area contributed by atoms with E-state index in [0.29, 0.717) is 12.4 Å². The van der Waals surface area contributed by atoms with Crippen LogP contribution in [0, 0.1) is 17.0 Å². The van der Waals surface area contributed by atoms with Crippen LogP contribution in [-0.4, -0.2) is 22.0 Å². The maximum Gasteiger partial charge on any atom is 0.311 e. The van der Waals surface area contributed by atoms with E-state index in [1.165, 1.54) is 6.07 Å². The molecule has 1 heterocycles. The average molecular weight is 252 g/mol. The molecule has 0 unspecified atom stereocenters. The summed E-state index contributed by atoms with van der Waals surface area (Å²) in [6.07, 6.45) is 1.57. The second-order valence-electron chi connectivity index (χ2n) is 4.39. The third-order valence-electron chi connectivity index (χ3n) is 3.34. The molecule has 6 nitrogen and oxygen atoms in total. The Labute approximate surface area is 107 Å². The van der Waals surface area contributed by atoms with Gasteiger partial charge in [-0.1, -0.05) is 13.8 Å². The van der Waals surface area contributed by atoms with Crippen molar-refractivity contribution in [3.63, 3.8) is 0 Å². The van der Waals surface area contributed by atoms with E-state index in [1.54, 1.807) is 13.0 Å². The van der Waals surface area contributed by atoms with Crippen LogP contribution in [0.1, 0.15) is 32.4 Å². The summed E-state index contributed by atoms with van der Waals surface area (Å²) in [5.74, 6) is 0.300. The van der Waals surface area contributed by atoms with Gasteiger partial charge in [0.1, 0.15) is 0 Å². The van der Waals surface area contributed by atoms with Crippen molar-refractivity contribution in [1.82, 2.24) is 4.98 Å². The monoisotopic (exact) mass is 252 g/mol. The maximum absolute atomic E-state index is 11.0. The van der Waals surface area contributed by atoms with Gasteiger partial charge in [0.05, 0.1) is 10.5 Å². The Morgan fingerprint density at radius 3 is 2.50 bits per heavy atom. The predicted molar refractivity (Wildman–Crippen MR) is 71.6 cm³/mol. The van der Waals surface area contributed by atoms with E-state index in [9.17, 15) is 10.1 Å². The number of nitro groups is 1. The summed E-state index contributed by atoms with van der Waals surface area (Å²) < 4.78 is 0. The molecule has 3 N–H and O–H groups in total. The number of aryl methyl sites for hydroxylation is 1. The van der Waals surface area contributed by atoms with Crippen LogP contribution >= 0.6 is 0 Å². The van der Waals surface area contributed by atoms with Crippen molar-refractivity contribution >= 4 is 11.5 Å². The van der Waals surface area contributed by atoms with Gasteiger partial charge < -0.3 is 11.1 Å². The lowest BCUT2D eigenvalue weighted by atomic mass is 9.93. The van der Waals surface area contributed by atoms with Gasteiger partial charge in [-0.05, 0) is 25.8 Å². The van der Waals surface area contributed by atoms with Gasteiger partial charge in [0.15, 0.2) is 0 Å². The molecule has 0 aliphatic heterocycles. The van der Waals surface area contributed by atoms with Crippen LogP contribution in [0.5, 0.6) is 0 Å². The lowest BCUT2D eigenvalue weighted by Crippen LogP contribution is -2.44. The summed E-state index contributed by atoms with van der Waals surface area (Å²) in [6, 6.07) is 3.10. The molecule has 1 rings (SSSR count). The Balaban J connectivity index is 3.16. The van der Waals surface area contributed by atoms with E-state index in [1.807, 2.05) is 13.8 Å². The fourth-order valence-electron chi connectivity index (χ4n) is 1.81. The molecule has 100 valence electrons. The molecule has 0 fully saturated rings. The van der Waals surface area contributed by atoms with Crippen LogP contribution in [0.3, 0.4) is 0 Å². The van der Waals surface area contributed by atoms with Crippen LogP contribution in [0.2, 0.25) is 0 Å². The zero-order chi connectivity index (χ0) is 13.8. The van der Waals surface area contributed by atoms with E-state index in [2.05, 4.69) is 10.3 Å². The average Bonchev–Trinajstić information content (AvgIpc) is 2.36. The molecule has 6 heteroatoms. The highest BCUT2D eigenvalue weighted by Crippen LogP contribution is 2.27. The Kier molecular flexibility index (Phi) is 4.61. The van der Waals surface area contributed by atoms with Gasteiger partial charge in [-0.15, -0.1) is 0 Å². The molecular formula is C12H20N4O2. The first-order valence-corrected chi connectivity index (χ1v) is 6.08. The number of hydrogen-bond donors (Lipinski definition) is 2. The van der Waals surface area contributed by atoms with Crippen LogP contribution in [0.25, 0.3) is 0 Å². The number of nitrogens with one attached hydrogen (secondary N) is 1. The van der Waals surface area contributed by atoms with Gasteiger partial charge in [-0.2, -0.15) is 0 Å². The Morgan fingerprint density at radius 1 is 1.44 bits per heavy atom. The van der Waals surface area contributed by atoms with Crippen molar-refractivity contribution in [2.24, 2.45) is 5.73 Å². The third kappa shape index (κ3) is 2.95. The highest BCUT2D eigenvalue weighted by Gasteiger charge is 2.28. The number of nitrogens with zero attached hydrogens (tertiary/aromatic N) is 2. The molecular weight excluding hydrogens is 232 g/mol. The molecule has 0 aliphatic carbocycles. The van der Waals surface area contributed by atoms with Crippen LogP contribution in [0.4, 0.5) is 11.5 Å². The van der Waals surface area contributed by atoms with Crippen LogP contribution in [0.15, 0.2) is 12.1 Å². The first-order chi connectivity index (χ1) is 8.48. The summed E-state index contributed by atoms with van der Waals surface area (Å²) >= 11 is 0. The first kappa shape index (κ1) is 14.4. The number of rotatable bonds is 6. The van der Waals surface area contributed by atoms with E-state index >= 15 is 0 Å². The molecule has 0 bridgehead atoms. The second kappa shape index (κ2) is 5.77. The normalized spacial score (nSPS) is 11.3. The molecule has 0 atom stereocenters. The Hall–Kier alpha value is -1.69. The maximum atomic E-state index is 11.0. The molecule has 0 aromatic carbocycles.